The van der Waals surface area contributed by atoms with Crippen LogP contribution in [0.5, 0.6) is 0 Å². The zero-order chi connectivity index (χ0) is 18.5. The highest BCUT2D eigenvalue weighted by Gasteiger charge is 2.22. The fourth-order valence-corrected chi connectivity index (χ4v) is 3.99. The molecule has 0 atom stereocenters. The summed E-state index contributed by atoms with van der Waals surface area (Å²) in [5, 5.41) is 2.94. The third kappa shape index (κ3) is 4.07. The van der Waals surface area contributed by atoms with Gasteiger partial charge in [-0.2, -0.15) is 0 Å². The van der Waals surface area contributed by atoms with Crippen LogP contribution in [0, 0.1) is 4.77 Å². The van der Waals surface area contributed by atoms with Gasteiger partial charge < -0.3 is 9.88 Å². The van der Waals surface area contributed by atoms with Gasteiger partial charge >= 0.3 is 0 Å². The smallest absolute Gasteiger partial charge is 0.234 e. The number of imidazole rings is 1. The van der Waals surface area contributed by atoms with Crippen molar-refractivity contribution in [2.24, 2.45) is 0 Å². The van der Waals surface area contributed by atoms with E-state index in [-0.39, 0.29) is 5.91 Å². The molecule has 140 valence electrons. The van der Waals surface area contributed by atoms with Crippen molar-refractivity contribution in [2.45, 2.75) is 45.7 Å². The molecule has 3 rings (SSSR count). The molecule has 5 nitrogen and oxygen atoms in total. The second-order valence-corrected chi connectivity index (χ2v) is 7.35. The average molecular weight is 373 g/mol. The van der Waals surface area contributed by atoms with Crippen molar-refractivity contribution >= 4 is 18.1 Å². The number of hydrogen-bond donors (Lipinski definition) is 1. The summed E-state index contributed by atoms with van der Waals surface area (Å²) < 4.78 is 5.25. The Bertz CT molecular complexity index is 809. The van der Waals surface area contributed by atoms with Crippen molar-refractivity contribution in [3.05, 3.63) is 46.5 Å². The van der Waals surface area contributed by atoms with Gasteiger partial charge in [-0.25, -0.2) is 0 Å². The molecule has 2 aromatic rings. The number of nitrogens with one attached hydrogen (secondary N) is 1. The van der Waals surface area contributed by atoms with Crippen molar-refractivity contribution in [1.29, 1.82) is 0 Å². The molecule has 0 bridgehead atoms. The highest BCUT2D eigenvalue weighted by atomic mass is 32.1. The van der Waals surface area contributed by atoms with Crippen LogP contribution in [-0.4, -0.2) is 40.1 Å². The fourth-order valence-electron chi connectivity index (χ4n) is 3.60. The van der Waals surface area contributed by atoms with Crippen LogP contribution >= 0.6 is 12.2 Å². The van der Waals surface area contributed by atoms with Gasteiger partial charge in [0.15, 0.2) is 4.77 Å². The molecule has 1 aromatic heterocycles. The number of benzene rings is 1. The zero-order valence-electron chi connectivity index (χ0n) is 15.7. The van der Waals surface area contributed by atoms with Gasteiger partial charge in [-0.3, -0.25) is 14.3 Å². The number of carbonyl (C=O) groups excluding carboxylic acids is 1. The van der Waals surface area contributed by atoms with Crippen molar-refractivity contribution < 1.29 is 4.79 Å². The molecule has 1 aliphatic rings. The molecule has 0 fully saturated rings. The Kier molecular flexibility index (Phi) is 6.27. The summed E-state index contributed by atoms with van der Waals surface area (Å²) in [6.07, 6.45) is 5.46. The Morgan fingerprint density at radius 1 is 1.19 bits per heavy atom. The summed E-state index contributed by atoms with van der Waals surface area (Å²) in [5.41, 5.74) is 3.78. The lowest BCUT2D eigenvalue weighted by Gasteiger charge is -2.20. The molecular formula is C20H28N4OS. The van der Waals surface area contributed by atoms with Crippen LogP contribution < -0.4 is 5.32 Å². The number of para-hydroxylation sites is 1. The quantitative estimate of drug-likeness (QED) is 0.758. The summed E-state index contributed by atoms with van der Waals surface area (Å²) in [6, 6.07) is 10.3. The Labute approximate surface area is 160 Å². The maximum Gasteiger partial charge on any atom is 0.234 e. The van der Waals surface area contributed by atoms with Crippen LogP contribution in [0.3, 0.4) is 0 Å². The maximum atomic E-state index is 12.0. The van der Waals surface area contributed by atoms with Crippen molar-refractivity contribution in [3.8, 4) is 5.69 Å². The first-order valence-electron chi connectivity index (χ1n) is 9.45. The van der Waals surface area contributed by atoms with E-state index in [2.05, 4.69) is 33.5 Å². The third-order valence-electron chi connectivity index (χ3n) is 4.81. The third-order valence-corrected chi connectivity index (χ3v) is 5.21. The van der Waals surface area contributed by atoms with Crippen LogP contribution in [0.15, 0.2) is 30.3 Å². The number of hydrogen-bond acceptors (Lipinski definition) is 3. The first kappa shape index (κ1) is 18.9. The molecule has 1 aliphatic carbocycles. The zero-order valence-corrected chi connectivity index (χ0v) is 16.5. The van der Waals surface area contributed by atoms with Crippen LogP contribution in [0.1, 0.15) is 37.6 Å². The number of aromatic nitrogens is 2. The van der Waals surface area contributed by atoms with Crippen LogP contribution in [0.4, 0.5) is 0 Å². The van der Waals surface area contributed by atoms with Gasteiger partial charge in [-0.05, 0) is 63.5 Å². The molecule has 0 aliphatic heterocycles. The monoisotopic (exact) mass is 372 g/mol. The summed E-state index contributed by atoms with van der Waals surface area (Å²) in [5.74, 6) is 0.0669. The summed E-state index contributed by atoms with van der Waals surface area (Å²) >= 11 is 5.84. The number of rotatable bonds is 7. The van der Waals surface area contributed by atoms with Gasteiger partial charge in [0.1, 0.15) is 0 Å². The van der Waals surface area contributed by atoms with E-state index >= 15 is 0 Å². The molecule has 1 heterocycles. The minimum Gasteiger partial charge on any atom is -0.355 e. The summed E-state index contributed by atoms with van der Waals surface area (Å²) in [4.78, 5) is 14.0. The lowest BCUT2D eigenvalue weighted by Crippen LogP contribution is -2.36. The Morgan fingerprint density at radius 3 is 2.58 bits per heavy atom. The van der Waals surface area contributed by atoms with E-state index in [4.69, 9.17) is 12.2 Å². The van der Waals surface area contributed by atoms with Crippen LogP contribution in [-0.2, 0) is 24.3 Å². The molecule has 0 radical (unpaired) electrons. The highest BCUT2D eigenvalue weighted by molar-refractivity contribution is 7.71. The molecule has 1 N–H and O–H groups in total. The fraction of sp³-hybridized carbons (Fsp3) is 0.500. The van der Waals surface area contributed by atoms with E-state index in [0.717, 1.165) is 36.3 Å². The normalized spacial score (nSPS) is 13.7. The Hall–Kier alpha value is -1.92. The number of nitrogens with zero attached hydrogens (tertiary/aromatic N) is 3. The molecule has 0 saturated heterocycles. The standard InChI is InChI=1S/C20H28N4OS/c1-3-13-21-19(25)14-22(2)15-23-17-11-7-8-12-18(17)24(20(23)26)16-9-5-4-6-10-16/h4-6,9-10H,3,7-8,11-15H2,1-2H3,(H,21,25). The summed E-state index contributed by atoms with van der Waals surface area (Å²) in [6.45, 7) is 3.81. The molecule has 0 unspecified atom stereocenters. The molecule has 1 amide bonds. The van der Waals surface area contributed by atoms with E-state index in [9.17, 15) is 4.79 Å². The molecule has 1 aromatic carbocycles. The largest absolute Gasteiger partial charge is 0.355 e. The second-order valence-electron chi connectivity index (χ2n) is 6.99. The number of likely N-dealkylation sites (N-methyl/N-ethyl adjacent to an activating group) is 1. The van der Waals surface area contributed by atoms with Crippen LogP contribution in [0.25, 0.3) is 5.69 Å². The number of fused-ring (bicyclic) bond motifs is 1. The minimum atomic E-state index is 0.0669. The van der Waals surface area contributed by atoms with E-state index in [0.29, 0.717) is 13.2 Å². The SMILES string of the molecule is CCCNC(=O)CN(C)Cn1c2c(n(-c3ccccc3)c1=S)CCCC2. The van der Waals surface area contributed by atoms with Gasteiger partial charge in [0.05, 0.1) is 13.2 Å². The van der Waals surface area contributed by atoms with Crippen molar-refractivity contribution in [2.75, 3.05) is 20.1 Å². The van der Waals surface area contributed by atoms with E-state index < -0.39 is 0 Å². The Balaban J connectivity index is 1.87. The van der Waals surface area contributed by atoms with Crippen molar-refractivity contribution in [1.82, 2.24) is 19.4 Å². The first-order chi connectivity index (χ1) is 12.6. The molecule has 26 heavy (non-hydrogen) atoms. The van der Waals surface area contributed by atoms with E-state index in [1.54, 1.807) is 0 Å². The number of carbonyl (C=O) groups is 1. The molecule has 0 saturated carbocycles. The van der Waals surface area contributed by atoms with Gasteiger partial charge in [-0.1, -0.05) is 25.1 Å². The maximum absolute atomic E-state index is 12.0. The highest BCUT2D eigenvalue weighted by Crippen LogP contribution is 2.27. The van der Waals surface area contributed by atoms with Crippen LogP contribution in [0.2, 0.25) is 0 Å². The first-order valence-corrected chi connectivity index (χ1v) is 9.86. The predicted molar refractivity (Wildman–Crippen MR) is 107 cm³/mol. The van der Waals surface area contributed by atoms with E-state index in [1.165, 1.54) is 24.2 Å². The van der Waals surface area contributed by atoms with Gasteiger partial charge in [0.25, 0.3) is 0 Å². The predicted octanol–water partition coefficient (Wildman–Crippen LogP) is 3.30. The summed E-state index contributed by atoms with van der Waals surface area (Å²) in [7, 11) is 1.97. The lowest BCUT2D eigenvalue weighted by molar-refractivity contribution is -0.122. The lowest BCUT2D eigenvalue weighted by atomic mass is 10.0. The van der Waals surface area contributed by atoms with Crippen molar-refractivity contribution in [3.63, 3.8) is 0 Å². The number of amides is 1. The Morgan fingerprint density at radius 2 is 1.88 bits per heavy atom. The van der Waals surface area contributed by atoms with Gasteiger partial charge in [0.2, 0.25) is 5.91 Å². The minimum absolute atomic E-state index is 0.0669. The second kappa shape index (κ2) is 8.64. The average Bonchev–Trinajstić information content (AvgIpc) is 2.92. The molecule has 6 heteroatoms. The van der Waals surface area contributed by atoms with Gasteiger partial charge in [-0.15, -0.1) is 0 Å². The van der Waals surface area contributed by atoms with Gasteiger partial charge in [0, 0.05) is 23.6 Å². The topological polar surface area (TPSA) is 42.2 Å². The van der Waals surface area contributed by atoms with E-state index in [1.807, 2.05) is 30.1 Å². The molecule has 0 spiro atoms. The molecular weight excluding hydrogens is 344 g/mol.